The van der Waals surface area contributed by atoms with Gasteiger partial charge < -0.3 is 16.4 Å². The number of hydrogen-bond donors (Lipinski definition) is 3. The van der Waals surface area contributed by atoms with E-state index in [4.69, 9.17) is 5.73 Å². The molecule has 0 saturated carbocycles. The van der Waals surface area contributed by atoms with Gasteiger partial charge in [-0.2, -0.15) is 0 Å². The zero-order chi connectivity index (χ0) is 15.6. The molecule has 0 aromatic heterocycles. The van der Waals surface area contributed by atoms with Crippen molar-refractivity contribution in [3.8, 4) is 0 Å². The minimum Gasteiger partial charge on any atom is -0.356 e. The van der Waals surface area contributed by atoms with E-state index in [1.807, 2.05) is 20.8 Å². The van der Waals surface area contributed by atoms with Crippen molar-refractivity contribution in [1.82, 2.24) is 10.6 Å². The lowest BCUT2D eigenvalue weighted by molar-refractivity contribution is -0.128. The van der Waals surface area contributed by atoms with Crippen molar-refractivity contribution in [2.24, 2.45) is 11.1 Å². The molecular formula is C15H32ClN3O2. The number of amides is 2. The molecule has 1 atom stereocenters. The molecule has 0 aliphatic heterocycles. The maximum Gasteiger partial charge on any atom is 0.225 e. The summed E-state index contributed by atoms with van der Waals surface area (Å²) in [7, 11) is 0. The highest BCUT2D eigenvalue weighted by Crippen LogP contribution is 2.12. The van der Waals surface area contributed by atoms with Crippen LogP contribution in [0.3, 0.4) is 0 Å². The molecule has 0 rings (SSSR count). The van der Waals surface area contributed by atoms with Gasteiger partial charge in [-0.25, -0.2) is 0 Å². The monoisotopic (exact) mass is 321 g/mol. The topological polar surface area (TPSA) is 84.2 Å². The molecule has 0 aromatic rings. The predicted octanol–water partition coefficient (Wildman–Crippen LogP) is 1.98. The third kappa shape index (κ3) is 11.5. The molecule has 0 saturated heterocycles. The van der Waals surface area contributed by atoms with Gasteiger partial charge in [0, 0.05) is 31.0 Å². The van der Waals surface area contributed by atoms with Gasteiger partial charge in [-0.05, 0) is 12.8 Å². The zero-order valence-corrected chi connectivity index (χ0v) is 14.6. The van der Waals surface area contributed by atoms with Gasteiger partial charge in [0.1, 0.15) is 0 Å². The summed E-state index contributed by atoms with van der Waals surface area (Å²) >= 11 is 0. The second kappa shape index (κ2) is 11.8. The highest BCUT2D eigenvalue weighted by atomic mass is 35.5. The Hall–Kier alpha value is -0.810. The van der Waals surface area contributed by atoms with E-state index in [0.29, 0.717) is 25.9 Å². The van der Waals surface area contributed by atoms with E-state index in [9.17, 15) is 9.59 Å². The molecule has 0 radical (unpaired) electrons. The summed E-state index contributed by atoms with van der Waals surface area (Å²) in [5, 5.41) is 5.78. The first kappa shape index (κ1) is 22.5. The Balaban J connectivity index is 0. The summed E-state index contributed by atoms with van der Waals surface area (Å²) in [6.45, 7) is 8.74. The minimum atomic E-state index is -0.382. The van der Waals surface area contributed by atoms with Crippen molar-refractivity contribution in [3.05, 3.63) is 0 Å². The molecule has 0 spiro atoms. The smallest absolute Gasteiger partial charge is 0.225 e. The molecule has 5 nitrogen and oxygen atoms in total. The normalized spacial score (nSPS) is 12.2. The Morgan fingerprint density at radius 1 is 1.19 bits per heavy atom. The first-order valence-corrected chi connectivity index (χ1v) is 7.59. The van der Waals surface area contributed by atoms with Gasteiger partial charge in [-0.15, -0.1) is 12.4 Å². The molecule has 1 unspecified atom stereocenters. The lowest BCUT2D eigenvalue weighted by atomic mass is 9.96. The van der Waals surface area contributed by atoms with E-state index in [-0.39, 0.29) is 35.7 Å². The van der Waals surface area contributed by atoms with Crippen molar-refractivity contribution in [2.75, 3.05) is 13.1 Å². The van der Waals surface area contributed by atoms with E-state index in [1.54, 1.807) is 0 Å². The highest BCUT2D eigenvalue weighted by molar-refractivity contribution is 5.85. The molecule has 2 amide bonds. The van der Waals surface area contributed by atoms with Gasteiger partial charge in [0.15, 0.2) is 0 Å². The Morgan fingerprint density at radius 3 is 2.29 bits per heavy atom. The lowest BCUT2D eigenvalue weighted by Crippen LogP contribution is -2.40. The van der Waals surface area contributed by atoms with Crippen LogP contribution in [-0.2, 0) is 9.59 Å². The molecular weight excluding hydrogens is 290 g/mol. The molecule has 21 heavy (non-hydrogen) atoms. The van der Waals surface area contributed by atoms with Crippen LogP contribution in [0.4, 0.5) is 0 Å². The molecule has 0 fully saturated rings. The number of nitrogens with two attached hydrogens (primary N) is 1. The third-order valence-electron chi connectivity index (χ3n) is 3.10. The minimum absolute atomic E-state index is 0. The summed E-state index contributed by atoms with van der Waals surface area (Å²) in [4.78, 5) is 23.4. The Kier molecular flexibility index (Phi) is 12.6. The Bertz CT molecular complexity index is 304. The fourth-order valence-corrected chi connectivity index (χ4v) is 1.72. The maximum absolute atomic E-state index is 11.7. The van der Waals surface area contributed by atoms with Crippen LogP contribution in [0.1, 0.15) is 59.8 Å². The molecule has 0 heterocycles. The summed E-state index contributed by atoms with van der Waals surface area (Å²) in [6.07, 6.45) is 4.18. The lowest BCUT2D eigenvalue weighted by Gasteiger charge is -2.18. The van der Waals surface area contributed by atoms with E-state index in [1.165, 1.54) is 0 Å². The van der Waals surface area contributed by atoms with E-state index in [2.05, 4.69) is 17.6 Å². The third-order valence-corrected chi connectivity index (χ3v) is 3.10. The maximum atomic E-state index is 11.7. The highest BCUT2D eigenvalue weighted by Gasteiger charge is 2.20. The molecule has 0 aliphatic rings. The summed E-state index contributed by atoms with van der Waals surface area (Å²) in [5.41, 5.74) is 5.25. The molecule has 0 aromatic carbocycles. The van der Waals surface area contributed by atoms with E-state index >= 15 is 0 Å². The van der Waals surface area contributed by atoms with Crippen LogP contribution in [0.2, 0.25) is 0 Å². The first-order valence-electron chi connectivity index (χ1n) is 7.59. The van der Waals surface area contributed by atoms with Crippen molar-refractivity contribution < 1.29 is 9.59 Å². The standard InChI is InChI=1S/C15H31N3O2.ClH/c1-5-6-8-12(11-16)18-13(19)9-7-10-17-14(20)15(2,3)4;/h12H,5-11,16H2,1-4H3,(H,17,20)(H,18,19);1H. The van der Waals surface area contributed by atoms with E-state index in [0.717, 1.165) is 19.3 Å². The van der Waals surface area contributed by atoms with E-state index < -0.39 is 0 Å². The summed E-state index contributed by atoms with van der Waals surface area (Å²) in [5.74, 6) is 0.0299. The van der Waals surface area contributed by atoms with Crippen LogP contribution < -0.4 is 16.4 Å². The number of hydrogen-bond acceptors (Lipinski definition) is 3. The van der Waals surface area contributed by atoms with Crippen LogP contribution in [0.25, 0.3) is 0 Å². The average molecular weight is 322 g/mol. The van der Waals surface area contributed by atoms with Crippen molar-refractivity contribution in [2.45, 2.75) is 65.8 Å². The fourth-order valence-electron chi connectivity index (χ4n) is 1.72. The number of rotatable bonds is 9. The van der Waals surface area contributed by atoms with Crippen LogP contribution in [-0.4, -0.2) is 30.9 Å². The van der Waals surface area contributed by atoms with Gasteiger partial charge in [0.2, 0.25) is 11.8 Å². The fraction of sp³-hybridized carbons (Fsp3) is 0.867. The zero-order valence-electron chi connectivity index (χ0n) is 13.8. The number of carbonyl (C=O) groups is 2. The second-order valence-electron chi connectivity index (χ2n) is 6.25. The number of nitrogens with one attached hydrogen (secondary N) is 2. The van der Waals surface area contributed by atoms with Crippen molar-refractivity contribution >= 4 is 24.2 Å². The molecule has 126 valence electrons. The SMILES string of the molecule is CCCCC(CN)NC(=O)CCCNC(=O)C(C)(C)C.Cl. The number of halogens is 1. The van der Waals surface area contributed by atoms with Gasteiger partial charge in [-0.3, -0.25) is 9.59 Å². The van der Waals surface area contributed by atoms with Gasteiger partial charge >= 0.3 is 0 Å². The molecule has 0 bridgehead atoms. The second-order valence-corrected chi connectivity index (χ2v) is 6.25. The quantitative estimate of drug-likeness (QED) is 0.568. The number of carbonyl (C=O) groups excluding carboxylic acids is 2. The van der Waals surface area contributed by atoms with Crippen LogP contribution in [0.5, 0.6) is 0 Å². The largest absolute Gasteiger partial charge is 0.356 e. The predicted molar refractivity (Wildman–Crippen MR) is 89.5 cm³/mol. The Labute approximate surface area is 135 Å². The number of unbranched alkanes of at least 4 members (excludes halogenated alkanes) is 1. The summed E-state index contributed by atoms with van der Waals surface area (Å²) in [6, 6.07) is 0.0756. The average Bonchev–Trinajstić information content (AvgIpc) is 2.38. The summed E-state index contributed by atoms with van der Waals surface area (Å²) < 4.78 is 0. The van der Waals surface area contributed by atoms with Gasteiger partial charge in [0.05, 0.1) is 0 Å². The first-order chi connectivity index (χ1) is 9.31. The van der Waals surface area contributed by atoms with Crippen molar-refractivity contribution in [3.63, 3.8) is 0 Å². The Morgan fingerprint density at radius 2 is 1.81 bits per heavy atom. The van der Waals surface area contributed by atoms with Gasteiger partial charge in [-0.1, -0.05) is 40.5 Å². The molecule has 0 aliphatic carbocycles. The van der Waals surface area contributed by atoms with Crippen LogP contribution in [0, 0.1) is 5.41 Å². The molecule has 6 heteroatoms. The van der Waals surface area contributed by atoms with Crippen molar-refractivity contribution in [1.29, 1.82) is 0 Å². The van der Waals surface area contributed by atoms with Gasteiger partial charge in [0.25, 0.3) is 0 Å². The van der Waals surface area contributed by atoms with Crippen LogP contribution >= 0.6 is 12.4 Å². The van der Waals surface area contributed by atoms with Crippen LogP contribution in [0.15, 0.2) is 0 Å². The molecule has 4 N–H and O–H groups in total.